The standard InChI is InChI=1S/C12H14N2/c1-9-3-10(2)5-11(4-9)6-12-7-13-8-14-12/h3-5,7-8H,6H2,1-2H3,(H,13,14). The number of H-pyrrole nitrogens is 1. The summed E-state index contributed by atoms with van der Waals surface area (Å²) >= 11 is 0. The molecule has 0 bridgehead atoms. The zero-order valence-corrected chi connectivity index (χ0v) is 8.54. The second-order valence-corrected chi connectivity index (χ2v) is 3.75. The smallest absolute Gasteiger partial charge is 0.0921 e. The van der Waals surface area contributed by atoms with Gasteiger partial charge in [-0.15, -0.1) is 0 Å². The predicted octanol–water partition coefficient (Wildman–Crippen LogP) is 2.62. The van der Waals surface area contributed by atoms with Gasteiger partial charge in [-0.2, -0.15) is 0 Å². The van der Waals surface area contributed by atoms with Gasteiger partial charge in [-0.25, -0.2) is 4.98 Å². The first kappa shape index (κ1) is 9.00. The van der Waals surface area contributed by atoms with E-state index in [1.54, 1.807) is 6.33 Å². The van der Waals surface area contributed by atoms with Crippen LogP contribution in [0.1, 0.15) is 22.4 Å². The zero-order chi connectivity index (χ0) is 9.97. The molecule has 0 aliphatic heterocycles. The van der Waals surface area contributed by atoms with Crippen LogP contribution in [0.2, 0.25) is 0 Å². The number of nitrogens with zero attached hydrogens (tertiary/aromatic N) is 1. The topological polar surface area (TPSA) is 28.7 Å². The van der Waals surface area contributed by atoms with Crippen molar-refractivity contribution >= 4 is 0 Å². The van der Waals surface area contributed by atoms with Crippen molar-refractivity contribution in [1.29, 1.82) is 0 Å². The van der Waals surface area contributed by atoms with Crippen LogP contribution in [-0.2, 0) is 6.42 Å². The van der Waals surface area contributed by atoms with E-state index in [-0.39, 0.29) is 0 Å². The van der Waals surface area contributed by atoms with Crippen LogP contribution in [0.4, 0.5) is 0 Å². The maximum atomic E-state index is 4.01. The van der Waals surface area contributed by atoms with E-state index >= 15 is 0 Å². The highest BCUT2D eigenvalue weighted by molar-refractivity contribution is 5.30. The van der Waals surface area contributed by atoms with Crippen molar-refractivity contribution in [3.63, 3.8) is 0 Å². The summed E-state index contributed by atoms with van der Waals surface area (Å²) in [6, 6.07) is 6.62. The maximum Gasteiger partial charge on any atom is 0.0921 e. The number of aryl methyl sites for hydroxylation is 2. The molecule has 2 aromatic rings. The van der Waals surface area contributed by atoms with Crippen molar-refractivity contribution in [2.45, 2.75) is 20.3 Å². The Kier molecular flexibility index (Phi) is 2.35. The lowest BCUT2D eigenvalue weighted by Crippen LogP contribution is -1.90. The Morgan fingerprint density at radius 2 is 1.86 bits per heavy atom. The minimum Gasteiger partial charge on any atom is -0.348 e. The summed E-state index contributed by atoms with van der Waals surface area (Å²) in [5, 5.41) is 0. The Morgan fingerprint density at radius 1 is 1.14 bits per heavy atom. The van der Waals surface area contributed by atoms with E-state index in [4.69, 9.17) is 0 Å². The molecule has 14 heavy (non-hydrogen) atoms. The molecular weight excluding hydrogens is 172 g/mol. The number of aromatic nitrogens is 2. The number of benzene rings is 1. The van der Waals surface area contributed by atoms with Crippen molar-refractivity contribution in [3.8, 4) is 0 Å². The minimum atomic E-state index is 0.933. The van der Waals surface area contributed by atoms with Crippen LogP contribution in [0.5, 0.6) is 0 Å². The van der Waals surface area contributed by atoms with Gasteiger partial charge in [0.1, 0.15) is 0 Å². The third-order valence-corrected chi connectivity index (χ3v) is 2.23. The molecule has 0 aliphatic carbocycles. The second kappa shape index (κ2) is 3.66. The van der Waals surface area contributed by atoms with Crippen molar-refractivity contribution in [3.05, 3.63) is 53.1 Å². The molecule has 0 spiro atoms. The van der Waals surface area contributed by atoms with Crippen molar-refractivity contribution in [2.75, 3.05) is 0 Å². The van der Waals surface area contributed by atoms with E-state index < -0.39 is 0 Å². The molecule has 0 aliphatic rings. The lowest BCUT2D eigenvalue weighted by molar-refractivity contribution is 1.10. The predicted molar refractivity (Wildman–Crippen MR) is 57.3 cm³/mol. The molecule has 1 heterocycles. The van der Waals surface area contributed by atoms with Crippen molar-refractivity contribution in [1.82, 2.24) is 9.97 Å². The highest BCUT2D eigenvalue weighted by Crippen LogP contribution is 2.11. The van der Waals surface area contributed by atoms with Gasteiger partial charge in [0.2, 0.25) is 0 Å². The quantitative estimate of drug-likeness (QED) is 0.767. The Balaban J connectivity index is 2.25. The van der Waals surface area contributed by atoms with Crippen LogP contribution in [0.3, 0.4) is 0 Å². The number of rotatable bonds is 2. The molecule has 72 valence electrons. The van der Waals surface area contributed by atoms with E-state index in [1.807, 2.05) is 6.20 Å². The largest absolute Gasteiger partial charge is 0.348 e. The molecule has 1 N–H and O–H groups in total. The molecular formula is C12H14N2. The summed E-state index contributed by atoms with van der Waals surface area (Å²) in [4.78, 5) is 7.12. The lowest BCUT2D eigenvalue weighted by atomic mass is 10.0. The summed E-state index contributed by atoms with van der Waals surface area (Å²) in [6.45, 7) is 4.26. The van der Waals surface area contributed by atoms with Gasteiger partial charge in [0, 0.05) is 18.3 Å². The fourth-order valence-corrected chi connectivity index (χ4v) is 1.77. The number of nitrogens with one attached hydrogen (secondary N) is 1. The average molecular weight is 186 g/mol. The first-order valence-electron chi connectivity index (χ1n) is 4.78. The fraction of sp³-hybridized carbons (Fsp3) is 0.250. The summed E-state index contributed by atoms with van der Waals surface area (Å²) in [5.41, 5.74) is 5.14. The highest BCUT2D eigenvalue weighted by atomic mass is 14.9. The third-order valence-electron chi connectivity index (χ3n) is 2.23. The molecule has 0 fully saturated rings. The van der Waals surface area contributed by atoms with Gasteiger partial charge in [0.25, 0.3) is 0 Å². The van der Waals surface area contributed by atoms with Gasteiger partial charge in [0.05, 0.1) is 6.33 Å². The second-order valence-electron chi connectivity index (χ2n) is 3.75. The average Bonchev–Trinajstić information content (AvgIpc) is 2.54. The Hall–Kier alpha value is -1.57. The monoisotopic (exact) mass is 186 g/mol. The summed E-state index contributed by atoms with van der Waals surface area (Å²) in [5.74, 6) is 0. The SMILES string of the molecule is Cc1cc(C)cc(Cc2cnc[nH]2)c1. The number of hydrogen-bond donors (Lipinski definition) is 1. The molecule has 2 heteroatoms. The van der Waals surface area contributed by atoms with Crippen LogP contribution in [0, 0.1) is 13.8 Å². The van der Waals surface area contributed by atoms with Gasteiger partial charge < -0.3 is 4.98 Å². The van der Waals surface area contributed by atoms with Crippen LogP contribution in [0.15, 0.2) is 30.7 Å². The van der Waals surface area contributed by atoms with Gasteiger partial charge in [0.15, 0.2) is 0 Å². The van der Waals surface area contributed by atoms with Crippen LogP contribution >= 0.6 is 0 Å². The molecule has 2 nitrogen and oxygen atoms in total. The van der Waals surface area contributed by atoms with Gasteiger partial charge in [-0.1, -0.05) is 29.3 Å². The first-order valence-corrected chi connectivity index (χ1v) is 4.78. The van der Waals surface area contributed by atoms with E-state index in [0.717, 1.165) is 12.1 Å². The molecule has 0 atom stereocenters. The Labute approximate surface area is 84.0 Å². The van der Waals surface area contributed by atoms with E-state index in [0.29, 0.717) is 0 Å². The number of hydrogen-bond acceptors (Lipinski definition) is 1. The molecule has 0 saturated carbocycles. The third kappa shape index (κ3) is 2.02. The summed E-state index contributed by atoms with van der Waals surface area (Å²) < 4.78 is 0. The minimum absolute atomic E-state index is 0.933. The summed E-state index contributed by atoms with van der Waals surface area (Å²) in [7, 11) is 0. The Morgan fingerprint density at radius 3 is 2.43 bits per heavy atom. The van der Waals surface area contributed by atoms with Gasteiger partial charge in [-0.05, 0) is 19.4 Å². The van der Waals surface area contributed by atoms with Crippen LogP contribution in [-0.4, -0.2) is 9.97 Å². The van der Waals surface area contributed by atoms with Crippen molar-refractivity contribution in [2.24, 2.45) is 0 Å². The fourth-order valence-electron chi connectivity index (χ4n) is 1.77. The van der Waals surface area contributed by atoms with E-state index in [1.165, 1.54) is 16.7 Å². The molecule has 0 amide bonds. The molecule has 0 saturated heterocycles. The van der Waals surface area contributed by atoms with E-state index in [9.17, 15) is 0 Å². The van der Waals surface area contributed by atoms with Crippen LogP contribution < -0.4 is 0 Å². The molecule has 2 rings (SSSR count). The van der Waals surface area contributed by atoms with Gasteiger partial charge in [-0.3, -0.25) is 0 Å². The first-order chi connectivity index (χ1) is 6.74. The zero-order valence-electron chi connectivity index (χ0n) is 8.54. The lowest BCUT2D eigenvalue weighted by Gasteiger charge is -2.03. The van der Waals surface area contributed by atoms with Gasteiger partial charge >= 0.3 is 0 Å². The van der Waals surface area contributed by atoms with Crippen molar-refractivity contribution < 1.29 is 0 Å². The van der Waals surface area contributed by atoms with E-state index in [2.05, 4.69) is 42.0 Å². The molecule has 1 aromatic carbocycles. The van der Waals surface area contributed by atoms with Crippen LogP contribution in [0.25, 0.3) is 0 Å². The Bertz CT molecular complexity index is 396. The molecule has 1 aromatic heterocycles. The molecule has 0 radical (unpaired) electrons. The molecule has 0 unspecified atom stereocenters. The maximum absolute atomic E-state index is 4.01. The number of aromatic amines is 1. The highest BCUT2D eigenvalue weighted by Gasteiger charge is 1.98. The number of imidazole rings is 1. The summed E-state index contributed by atoms with van der Waals surface area (Å²) in [6.07, 6.45) is 4.53. The normalized spacial score (nSPS) is 10.4.